The summed E-state index contributed by atoms with van der Waals surface area (Å²) in [6.45, 7) is 0. The van der Waals surface area contributed by atoms with Crippen molar-refractivity contribution in [2.75, 3.05) is 14.2 Å². The quantitative estimate of drug-likeness (QED) is 0.572. The van der Waals surface area contributed by atoms with Crippen LogP contribution < -0.4 is 0 Å². The molecule has 0 aromatic rings. The van der Waals surface area contributed by atoms with Crippen LogP contribution in [0.25, 0.3) is 0 Å². The Morgan fingerprint density at radius 1 is 1.10 bits per heavy atom. The summed E-state index contributed by atoms with van der Waals surface area (Å²) in [6, 6.07) is 0. The first kappa shape index (κ1) is 16.4. The van der Waals surface area contributed by atoms with E-state index in [4.69, 9.17) is 9.47 Å². The van der Waals surface area contributed by atoms with Crippen molar-refractivity contribution in [1.29, 1.82) is 0 Å². The van der Waals surface area contributed by atoms with E-state index in [0.717, 1.165) is 25.7 Å². The van der Waals surface area contributed by atoms with Crippen molar-refractivity contribution in [1.82, 2.24) is 0 Å². The summed E-state index contributed by atoms with van der Waals surface area (Å²) >= 11 is 0. The molecule has 5 nitrogen and oxygen atoms in total. The molecule has 5 heteroatoms. The normalized spacial score (nSPS) is 26.2. The smallest absolute Gasteiger partial charge is 0.313 e. The first-order chi connectivity index (χ1) is 9.60. The zero-order valence-electron chi connectivity index (χ0n) is 12.1. The number of ketones is 1. The number of Topliss-reactive ketones (excluding diaryl/α,β-unsaturated/α-hetero) is 1. The van der Waals surface area contributed by atoms with Crippen LogP contribution in [0, 0.1) is 11.8 Å². The van der Waals surface area contributed by atoms with E-state index in [0.29, 0.717) is 6.42 Å². The van der Waals surface area contributed by atoms with Gasteiger partial charge in [-0.2, -0.15) is 0 Å². The summed E-state index contributed by atoms with van der Waals surface area (Å²) in [5, 5.41) is 0. The molecular formula is C15H22O5. The topological polar surface area (TPSA) is 69.7 Å². The molecule has 0 N–H and O–H groups in total. The van der Waals surface area contributed by atoms with Gasteiger partial charge in [0, 0.05) is 12.8 Å². The number of hydrogen-bond acceptors (Lipinski definition) is 5. The predicted molar refractivity (Wildman–Crippen MR) is 72.9 cm³/mol. The largest absolute Gasteiger partial charge is 0.469 e. The van der Waals surface area contributed by atoms with Crippen molar-refractivity contribution in [2.45, 2.75) is 38.5 Å². The molecule has 0 aliphatic heterocycles. The van der Waals surface area contributed by atoms with Gasteiger partial charge < -0.3 is 9.47 Å². The van der Waals surface area contributed by atoms with Crippen LogP contribution in [0.2, 0.25) is 0 Å². The summed E-state index contributed by atoms with van der Waals surface area (Å²) in [5.41, 5.74) is 0. The van der Waals surface area contributed by atoms with Gasteiger partial charge in [0.25, 0.3) is 0 Å². The maximum Gasteiger partial charge on any atom is 0.313 e. The van der Waals surface area contributed by atoms with E-state index in [1.165, 1.54) is 14.2 Å². The third-order valence-electron chi connectivity index (χ3n) is 3.53. The van der Waals surface area contributed by atoms with Gasteiger partial charge in [0.2, 0.25) is 0 Å². The Labute approximate surface area is 119 Å². The first-order valence-electron chi connectivity index (χ1n) is 6.94. The molecular weight excluding hydrogens is 260 g/mol. The van der Waals surface area contributed by atoms with E-state index in [1.807, 2.05) is 6.08 Å². The fraction of sp³-hybridized carbons (Fsp3) is 0.667. The molecule has 0 bridgehead atoms. The van der Waals surface area contributed by atoms with E-state index in [1.54, 1.807) is 6.08 Å². The van der Waals surface area contributed by atoms with Crippen LogP contribution in [0.3, 0.4) is 0 Å². The highest BCUT2D eigenvalue weighted by molar-refractivity contribution is 5.89. The molecule has 0 radical (unpaired) electrons. The Morgan fingerprint density at radius 3 is 2.45 bits per heavy atom. The molecule has 0 aromatic heterocycles. The number of carbonyl (C=O) groups is 3. The van der Waals surface area contributed by atoms with Gasteiger partial charge in [-0.1, -0.05) is 18.6 Å². The summed E-state index contributed by atoms with van der Waals surface area (Å²) in [7, 11) is 2.54. The van der Waals surface area contributed by atoms with Crippen LogP contribution >= 0.6 is 0 Å². The standard InChI is InChI=1S/C15H22O5/c1-19-14(17)12-9-7-5-3-4-6-8-11(16)10-13(12)15(18)20-2/h7,9,12-13H,3-6,8,10H2,1-2H3/b9-7+/t12-,13-/m0/s1. The van der Waals surface area contributed by atoms with Crippen LogP contribution in [0.5, 0.6) is 0 Å². The van der Waals surface area contributed by atoms with Gasteiger partial charge in [0.15, 0.2) is 0 Å². The van der Waals surface area contributed by atoms with Crippen molar-refractivity contribution >= 4 is 17.7 Å². The minimum absolute atomic E-state index is 0.00963. The van der Waals surface area contributed by atoms with Crippen LogP contribution in [0.4, 0.5) is 0 Å². The average molecular weight is 282 g/mol. The van der Waals surface area contributed by atoms with Gasteiger partial charge in [0.05, 0.1) is 26.1 Å². The molecule has 1 rings (SSSR count). The van der Waals surface area contributed by atoms with Crippen LogP contribution in [0.15, 0.2) is 12.2 Å². The lowest BCUT2D eigenvalue weighted by atomic mass is 9.86. The predicted octanol–water partition coefficient (Wildman–Crippen LogP) is 2.04. The van der Waals surface area contributed by atoms with Crippen LogP contribution in [-0.2, 0) is 23.9 Å². The zero-order valence-corrected chi connectivity index (χ0v) is 12.1. The van der Waals surface area contributed by atoms with Gasteiger partial charge in [-0.15, -0.1) is 0 Å². The fourth-order valence-corrected chi connectivity index (χ4v) is 2.37. The number of methoxy groups -OCH3 is 2. The molecule has 0 amide bonds. The SMILES string of the molecule is COC(=O)[C@H]1/C=C/CCCCCC(=O)C[C@@H]1C(=O)OC. The summed E-state index contributed by atoms with van der Waals surface area (Å²) < 4.78 is 9.47. The number of carbonyl (C=O) groups excluding carboxylic acids is 3. The van der Waals surface area contributed by atoms with Gasteiger partial charge in [-0.25, -0.2) is 0 Å². The number of rotatable bonds is 2. The molecule has 0 spiro atoms. The molecule has 20 heavy (non-hydrogen) atoms. The van der Waals surface area contributed by atoms with Crippen molar-refractivity contribution < 1.29 is 23.9 Å². The Morgan fingerprint density at radius 2 is 1.80 bits per heavy atom. The maximum absolute atomic E-state index is 11.9. The molecule has 2 atom stereocenters. The highest BCUT2D eigenvalue weighted by atomic mass is 16.5. The van der Waals surface area contributed by atoms with Gasteiger partial charge in [-0.3, -0.25) is 14.4 Å². The highest BCUT2D eigenvalue weighted by Gasteiger charge is 2.35. The van der Waals surface area contributed by atoms with E-state index in [9.17, 15) is 14.4 Å². The molecule has 0 heterocycles. The van der Waals surface area contributed by atoms with Crippen molar-refractivity contribution in [2.24, 2.45) is 11.8 Å². The van der Waals surface area contributed by atoms with Crippen LogP contribution in [0.1, 0.15) is 38.5 Å². The third-order valence-corrected chi connectivity index (χ3v) is 3.53. The van der Waals surface area contributed by atoms with Gasteiger partial charge in [0.1, 0.15) is 5.78 Å². The van der Waals surface area contributed by atoms with Gasteiger partial charge >= 0.3 is 11.9 Å². The lowest BCUT2D eigenvalue weighted by Crippen LogP contribution is -2.32. The number of ether oxygens (including phenoxy) is 2. The number of allylic oxidation sites excluding steroid dienone is 1. The fourth-order valence-electron chi connectivity index (χ4n) is 2.37. The Kier molecular flexibility index (Phi) is 6.98. The minimum Gasteiger partial charge on any atom is -0.469 e. The van der Waals surface area contributed by atoms with Crippen molar-refractivity contribution in [3.8, 4) is 0 Å². The molecule has 0 unspecified atom stereocenters. The lowest BCUT2D eigenvalue weighted by molar-refractivity contribution is -0.156. The Bertz CT molecular complexity index is 386. The second-order valence-electron chi connectivity index (χ2n) is 4.95. The third kappa shape index (κ3) is 4.79. The van der Waals surface area contributed by atoms with E-state index in [2.05, 4.69) is 0 Å². The molecule has 0 saturated heterocycles. The second-order valence-corrected chi connectivity index (χ2v) is 4.95. The highest BCUT2D eigenvalue weighted by Crippen LogP contribution is 2.24. The van der Waals surface area contributed by atoms with E-state index in [-0.39, 0.29) is 12.2 Å². The number of esters is 2. The molecule has 1 aliphatic rings. The van der Waals surface area contributed by atoms with Crippen molar-refractivity contribution in [3.63, 3.8) is 0 Å². The molecule has 1 aliphatic carbocycles. The minimum atomic E-state index is -0.797. The van der Waals surface area contributed by atoms with Crippen molar-refractivity contribution in [3.05, 3.63) is 12.2 Å². The molecule has 0 saturated carbocycles. The van der Waals surface area contributed by atoms with Gasteiger partial charge in [-0.05, 0) is 19.3 Å². The summed E-state index contributed by atoms with van der Waals surface area (Å²) in [6.07, 6.45) is 7.62. The number of hydrogen-bond donors (Lipinski definition) is 0. The molecule has 112 valence electrons. The monoisotopic (exact) mass is 282 g/mol. The van der Waals surface area contributed by atoms with Crippen LogP contribution in [-0.4, -0.2) is 31.9 Å². The average Bonchev–Trinajstić information content (AvgIpc) is 2.50. The van der Waals surface area contributed by atoms with E-state index < -0.39 is 23.8 Å². The second kappa shape index (κ2) is 8.51. The zero-order chi connectivity index (χ0) is 15.0. The summed E-state index contributed by atoms with van der Waals surface area (Å²) in [5.74, 6) is -2.62. The summed E-state index contributed by atoms with van der Waals surface area (Å²) in [4.78, 5) is 35.7. The lowest BCUT2D eigenvalue weighted by Gasteiger charge is -2.20. The Balaban J connectivity index is 3.00. The van der Waals surface area contributed by atoms with E-state index >= 15 is 0 Å². The maximum atomic E-state index is 11.9. The molecule has 0 fully saturated rings. The first-order valence-corrected chi connectivity index (χ1v) is 6.94. The Hall–Kier alpha value is -1.65. The molecule has 0 aromatic carbocycles.